The topological polar surface area (TPSA) is 67.9 Å². The van der Waals surface area contributed by atoms with Crippen LogP contribution in [0.5, 0.6) is 11.5 Å². The van der Waals surface area contributed by atoms with Gasteiger partial charge in [-0.1, -0.05) is 24.3 Å². The molecule has 2 aromatic carbocycles. The number of para-hydroxylation sites is 1. The van der Waals surface area contributed by atoms with Gasteiger partial charge in [-0.15, -0.1) is 0 Å². The predicted molar refractivity (Wildman–Crippen MR) is 103 cm³/mol. The van der Waals surface area contributed by atoms with Crippen molar-refractivity contribution in [2.24, 2.45) is 0 Å². The molecule has 0 radical (unpaired) electrons. The first-order chi connectivity index (χ1) is 13.1. The molecular weight excluding hydrogens is 344 g/mol. The van der Waals surface area contributed by atoms with Gasteiger partial charge < -0.3 is 19.7 Å². The number of ether oxygens (including phenoxy) is 2. The normalized spacial score (nSPS) is 12.9. The van der Waals surface area contributed by atoms with Gasteiger partial charge in [-0.05, 0) is 42.2 Å². The maximum atomic E-state index is 12.6. The van der Waals surface area contributed by atoms with Crippen LogP contribution in [0.2, 0.25) is 0 Å². The maximum absolute atomic E-state index is 12.6. The molecule has 0 fully saturated rings. The third-order valence-corrected chi connectivity index (χ3v) is 4.66. The van der Waals surface area contributed by atoms with Crippen molar-refractivity contribution < 1.29 is 19.1 Å². The SMILES string of the molecule is COc1ccc(CNC(=O)CC(=O)N2CCCc3ccccc32)cc1OC. The number of carbonyl (C=O) groups is 2. The van der Waals surface area contributed by atoms with E-state index < -0.39 is 0 Å². The molecular formula is C21H24N2O4. The Morgan fingerprint density at radius 3 is 2.63 bits per heavy atom. The highest BCUT2D eigenvalue weighted by atomic mass is 16.5. The summed E-state index contributed by atoms with van der Waals surface area (Å²) in [7, 11) is 3.14. The molecule has 2 amide bonds. The number of fused-ring (bicyclic) bond motifs is 1. The van der Waals surface area contributed by atoms with E-state index in [9.17, 15) is 9.59 Å². The average molecular weight is 368 g/mol. The first-order valence-corrected chi connectivity index (χ1v) is 8.98. The fourth-order valence-corrected chi connectivity index (χ4v) is 3.28. The van der Waals surface area contributed by atoms with Gasteiger partial charge in [0.05, 0.1) is 14.2 Å². The third-order valence-electron chi connectivity index (χ3n) is 4.66. The fourth-order valence-electron chi connectivity index (χ4n) is 3.28. The van der Waals surface area contributed by atoms with Crippen molar-refractivity contribution in [2.75, 3.05) is 25.7 Å². The van der Waals surface area contributed by atoms with Crippen LogP contribution in [0.1, 0.15) is 24.0 Å². The number of carbonyl (C=O) groups excluding carboxylic acids is 2. The number of amides is 2. The zero-order chi connectivity index (χ0) is 19.2. The first kappa shape index (κ1) is 18.8. The number of anilines is 1. The van der Waals surface area contributed by atoms with E-state index in [0.29, 0.717) is 24.6 Å². The van der Waals surface area contributed by atoms with Crippen molar-refractivity contribution in [1.82, 2.24) is 5.32 Å². The fraction of sp³-hybridized carbons (Fsp3) is 0.333. The van der Waals surface area contributed by atoms with Crippen LogP contribution in [0.4, 0.5) is 5.69 Å². The number of benzene rings is 2. The van der Waals surface area contributed by atoms with Gasteiger partial charge in [0.2, 0.25) is 11.8 Å². The number of hydrogen-bond acceptors (Lipinski definition) is 4. The molecule has 3 rings (SSSR count). The Balaban J connectivity index is 1.58. The van der Waals surface area contributed by atoms with Crippen molar-refractivity contribution in [2.45, 2.75) is 25.8 Å². The van der Waals surface area contributed by atoms with Gasteiger partial charge >= 0.3 is 0 Å². The lowest BCUT2D eigenvalue weighted by Crippen LogP contribution is -2.38. The quantitative estimate of drug-likeness (QED) is 0.796. The van der Waals surface area contributed by atoms with E-state index in [1.807, 2.05) is 36.4 Å². The molecule has 6 nitrogen and oxygen atoms in total. The Labute approximate surface area is 159 Å². The number of hydrogen-bond donors (Lipinski definition) is 1. The standard InChI is InChI=1S/C21H24N2O4/c1-26-18-10-9-15(12-19(18)27-2)14-22-20(24)13-21(25)23-11-5-7-16-6-3-4-8-17(16)23/h3-4,6,8-10,12H,5,7,11,13-14H2,1-2H3,(H,22,24). The highest BCUT2D eigenvalue weighted by Crippen LogP contribution is 2.28. The molecule has 0 saturated heterocycles. The van der Waals surface area contributed by atoms with Crippen molar-refractivity contribution in [3.05, 3.63) is 53.6 Å². The summed E-state index contributed by atoms with van der Waals surface area (Å²) < 4.78 is 10.5. The van der Waals surface area contributed by atoms with Crippen LogP contribution in [0.25, 0.3) is 0 Å². The van der Waals surface area contributed by atoms with Gasteiger partial charge in [0.15, 0.2) is 11.5 Å². The number of nitrogens with zero attached hydrogens (tertiary/aromatic N) is 1. The summed E-state index contributed by atoms with van der Waals surface area (Å²) in [5.41, 5.74) is 2.95. The molecule has 0 atom stereocenters. The molecule has 0 unspecified atom stereocenters. The average Bonchev–Trinajstić information content (AvgIpc) is 2.71. The maximum Gasteiger partial charge on any atom is 0.236 e. The highest BCUT2D eigenvalue weighted by Gasteiger charge is 2.23. The number of nitrogens with one attached hydrogen (secondary N) is 1. The van der Waals surface area contributed by atoms with E-state index in [2.05, 4.69) is 5.32 Å². The zero-order valence-corrected chi connectivity index (χ0v) is 15.7. The van der Waals surface area contributed by atoms with Gasteiger partial charge in [0, 0.05) is 18.8 Å². The van der Waals surface area contributed by atoms with Crippen LogP contribution in [0.3, 0.4) is 0 Å². The van der Waals surface area contributed by atoms with Gasteiger partial charge in [-0.25, -0.2) is 0 Å². The minimum absolute atomic E-state index is 0.165. The third kappa shape index (κ3) is 4.39. The van der Waals surface area contributed by atoms with Crippen LogP contribution >= 0.6 is 0 Å². The zero-order valence-electron chi connectivity index (χ0n) is 15.7. The van der Waals surface area contributed by atoms with Crippen LogP contribution in [0, 0.1) is 0 Å². The summed E-state index contributed by atoms with van der Waals surface area (Å²) in [5, 5.41) is 2.80. The van der Waals surface area contributed by atoms with E-state index in [4.69, 9.17) is 9.47 Å². The Hall–Kier alpha value is -3.02. The van der Waals surface area contributed by atoms with Crippen molar-refractivity contribution in [3.63, 3.8) is 0 Å². The lowest BCUT2D eigenvalue weighted by Gasteiger charge is -2.29. The van der Waals surface area contributed by atoms with Gasteiger partial charge in [-0.2, -0.15) is 0 Å². The van der Waals surface area contributed by atoms with E-state index in [1.165, 1.54) is 0 Å². The summed E-state index contributed by atoms with van der Waals surface area (Å²) in [5.74, 6) is 0.765. The molecule has 1 aliphatic heterocycles. The van der Waals surface area contributed by atoms with Crippen LogP contribution < -0.4 is 19.7 Å². The summed E-state index contributed by atoms with van der Waals surface area (Å²) >= 11 is 0. The Bertz CT molecular complexity index is 835. The van der Waals surface area contributed by atoms with E-state index in [-0.39, 0.29) is 18.2 Å². The van der Waals surface area contributed by atoms with Gasteiger partial charge in [-0.3, -0.25) is 9.59 Å². The highest BCUT2D eigenvalue weighted by molar-refractivity contribution is 6.05. The second kappa shape index (κ2) is 8.58. The van der Waals surface area contributed by atoms with E-state index >= 15 is 0 Å². The van der Waals surface area contributed by atoms with E-state index in [0.717, 1.165) is 29.7 Å². The van der Waals surface area contributed by atoms with Crippen molar-refractivity contribution in [1.29, 1.82) is 0 Å². The minimum atomic E-state index is -0.294. The second-order valence-corrected chi connectivity index (χ2v) is 6.42. The summed E-state index contributed by atoms with van der Waals surface area (Å²) in [6.45, 7) is 0.974. The summed E-state index contributed by atoms with van der Waals surface area (Å²) in [4.78, 5) is 26.6. The molecule has 1 heterocycles. The largest absolute Gasteiger partial charge is 0.493 e. The smallest absolute Gasteiger partial charge is 0.236 e. The van der Waals surface area contributed by atoms with Crippen LogP contribution in [-0.2, 0) is 22.6 Å². The summed E-state index contributed by atoms with van der Waals surface area (Å²) in [6, 6.07) is 13.3. The second-order valence-electron chi connectivity index (χ2n) is 6.42. The molecule has 27 heavy (non-hydrogen) atoms. The molecule has 142 valence electrons. The number of rotatable bonds is 6. The van der Waals surface area contributed by atoms with Crippen molar-refractivity contribution in [3.8, 4) is 11.5 Å². The van der Waals surface area contributed by atoms with E-state index in [1.54, 1.807) is 25.2 Å². The Morgan fingerprint density at radius 1 is 1.07 bits per heavy atom. The predicted octanol–water partition coefficient (Wildman–Crippen LogP) is 2.69. The first-order valence-electron chi connectivity index (χ1n) is 8.98. The van der Waals surface area contributed by atoms with Gasteiger partial charge in [0.25, 0.3) is 0 Å². The molecule has 0 aromatic heterocycles. The monoisotopic (exact) mass is 368 g/mol. The van der Waals surface area contributed by atoms with Gasteiger partial charge in [0.1, 0.15) is 6.42 Å². The lowest BCUT2D eigenvalue weighted by atomic mass is 10.0. The molecule has 0 bridgehead atoms. The van der Waals surface area contributed by atoms with Crippen LogP contribution in [-0.4, -0.2) is 32.6 Å². The minimum Gasteiger partial charge on any atom is -0.493 e. The molecule has 6 heteroatoms. The molecule has 0 spiro atoms. The number of aryl methyl sites for hydroxylation is 1. The molecule has 2 aromatic rings. The van der Waals surface area contributed by atoms with Crippen molar-refractivity contribution >= 4 is 17.5 Å². The molecule has 0 saturated carbocycles. The lowest BCUT2D eigenvalue weighted by molar-refractivity contribution is -0.128. The van der Waals surface area contributed by atoms with Crippen LogP contribution in [0.15, 0.2) is 42.5 Å². The summed E-state index contributed by atoms with van der Waals surface area (Å²) in [6.07, 6.45) is 1.71. The number of methoxy groups -OCH3 is 2. The molecule has 0 aliphatic carbocycles. The Kier molecular flexibility index (Phi) is 5.96. The molecule has 1 aliphatic rings. The Morgan fingerprint density at radius 2 is 1.85 bits per heavy atom. The molecule has 1 N–H and O–H groups in total.